The molecule has 2 heterocycles. The van der Waals surface area contributed by atoms with E-state index in [4.69, 9.17) is 19.8 Å². The number of fused-ring (bicyclic) bond motifs is 2. The van der Waals surface area contributed by atoms with Crippen LogP contribution in [0, 0.1) is 0 Å². The van der Waals surface area contributed by atoms with Gasteiger partial charge in [0, 0.05) is 22.2 Å². The molecule has 1 unspecified atom stereocenters. The molecule has 27 heavy (non-hydrogen) atoms. The number of hydrogen-bond acceptors (Lipinski definition) is 5. The number of para-hydroxylation sites is 1. The number of hydrogen-bond donors (Lipinski definition) is 3. The van der Waals surface area contributed by atoms with Crippen molar-refractivity contribution in [2.45, 2.75) is 22.8 Å². The molecular weight excluding hydrogens is 366 g/mol. The van der Waals surface area contributed by atoms with Crippen molar-refractivity contribution >= 4 is 35.1 Å². The summed E-state index contributed by atoms with van der Waals surface area (Å²) in [7, 11) is 0. The Morgan fingerprint density at radius 2 is 1.78 bits per heavy atom. The van der Waals surface area contributed by atoms with E-state index in [1.54, 1.807) is 0 Å². The van der Waals surface area contributed by atoms with Gasteiger partial charge in [0.15, 0.2) is 0 Å². The van der Waals surface area contributed by atoms with E-state index in [9.17, 15) is 0 Å². The van der Waals surface area contributed by atoms with Gasteiger partial charge in [-0.15, -0.1) is 0 Å². The minimum atomic E-state index is -1.82. The molecule has 0 radical (unpaired) electrons. The fraction of sp³-hybridized carbons (Fsp3) is 0.105. The molecule has 1 aliphatic rings. The third-order valence-corrected chi connectivity index (χ3v) is 5.17. The normalized spacial score (nSPS) is 12.5. The summed E-state index contributed by atoms with van der Waals surface area (Å²) in [6, 6.07) is 15.3. The van der Waals surface area contributed by atoms with Crippen LogP contribution in [0.4, 0.5) is 11.4 Å². The van der Waals surface area contributed by atoms with Gasteiger partial charge in [0.2, 0.25) is 0 Å². The van der Waals surface area contributed by atoms with Crippen molar-refractivity contribution in [1.82, 2.24) is 9.55 Å². The van der Waals surface area contributed by atoms with E-state index in [-0.39, 0.29) is 6.04 Å². The number of nitrogens with one attached hydrogen (secondary N) is 1. The molecular formula is C19H17N3O4S. The van der Waals surface area contributed by atoms with Gasteiger partial charge < -0.3 is 20.1 Å². The molecule has 0 saturated carbocycles. The fourth-order valence-corrected chi connectivity index (χ4v) is 3.56. The zero-order valence-electron chi connectivity index (χ0n) is 14.4. The van der Waals surface area contributed by atoms with E-state index in [0.29, 0.717) is 0 Å². The number of rotatable bonds is 2. The summed E-state index contributed by atoms with van der Waals surface area (Å²) in [5.41, 5.74) is 3.64. The molecule has 2 aromatic carbocycles. The molecule has 1 aromatic heterocycles. The van der Waals surface area contributed by atoms with Crippen LogP contribution in [-0.2, 0) is 9.59 Å². The summed E-state index contributed by atoms with van der Waals surface area (Å²) in [6.45, 7) is 2.19. The highest BCUT2D eigenvalue weighted by Crippen LogP contribution is 2.44. The molecule has 0 aliphatic carbocycles. The Bertz CT molecular complexity index is 961. The topological polar surface area (TPSA) is 104 Å². The number of carboxylic acids is 2. The lowest BCUT2D eigenvalue weighted by molar-refractivity contribution is -0.159. The van der Waals surface area contributed by atoms with Gasteiger partial charge in [-0.25, -0.2) is 14.6 Å². The second-order valence-electron chi connectivity index (χ2n) is 5.77. The summed E-state index contributed by atoms with van der Waals surface area (Å²) in [5, 5.41) is 18.3. The minimum Gasteiger partial charge on any atom is -0.473 e. The fourth-order valence-electron chi connectivity index (χ4n) is 2.59. The third kappa shape index (κ3) is 4.29. The lowest BCUT2D eigenvalue weighted by Gasteiger charge is -2.23. The Hall–Kier alpha value is -3.26. The molecule has 7 nitrogen and oxygen atoms in total. The Labute approximate surface area is 159 Å². The summed E-state index contributed by atoms with van der Waals surface area (Å²) in [4.78, 5) is 24.9. The monoisotopic (exact) mass is 383 g/mol. The quantitative estimate of drug-likeness (QED) is 0.452. The standard InChI is InChI=1S/C17H15N3S.C2H2O4/c1-12(20-9-8-18-11-20)13-6-7-17-15(10-13)19-14-4-2-3-5-16(14)21-17;3-1(4)2(5)6/h2-12,19H,1H3;(H,3,4)(H,5,6). The maximum Gasteiger partial charge on any atom is 0.414 e. The highest BCUT2D eigenvalue weighted by molar-refractivity contribution is 7.99. The molecule has 1 aliphatic heterocycles. The van der Waals surface area contributed by atoms with E-state index in [2.05, 4.69) is 64.3 Å². The number of carbonyl (C=O) groups is 2. The van der Waals surface area contributed by atoms with Gasteiger partial charge in [0.1, 0.15) is 0 Å². The van der Waals surface area contributed by atoms with E-state index in [0.717, 1.165) is 0 Å². The molecule has 3 aromatic rings. The number of aromatic nitrogens is 2. The minimum absolute atomic E-state index is 0.279. The SMILES string of the molecule is CC(c1ccc2c(c1)Nc1ccccc1S2)n1ccnc1.O=C(O)C(=O)O. The molecule has 138 valence electrons. The average Bonchev–Trinajstić information content (AvgIpc) is 3.20. The van der Waals surface area contributed by atoms with Crippen LogP contribution in [0.1, 0.15) is 18.5 Å². The second kappa shape index (κ2) is 7.96. The van der Waals surface area contributed by atoms with Crippen LogP contribution in [-0.4, -0.2) is 31.7 Å². The Morgan fingerprint density at radius 1 is 1.07 bits per heavy atom. The van der Waals surface area contributed by atoms with Crippen molar-refractivity contribution in [3.63, 3.8) is 0 Å². The zero-order valence-corrected chi connectivity index (χ0v) is 15.2. The van der Waals surface area contributed by atoms with Gasteiger partial charge in [-0.2, -0.15) is 0 Å². The molecule has 0 saturated heterocycles. The van der Waals surface area contributed by atoms with Gasteiger partial charge in [0.05, 0.1) is 23.7 Å². The maximum absolute atomic E-state index is 9.10. The van der Waals surface area contributed by atoms with Gasteiger partial charge in [0.25, 0.3) is 0 Å². The number of imidazole rings is 1. The predicted octanol–water partition coefficient (Wildman–Crippen LogP) is 3.86. The molecule has 0 spiro atoms. The maximum atomic E-state index is 9.10. The highest BCUT2D eigenvalue weighted by atomic mass is 32.2. The molecule has 4 rings (SSSR count). The first-order valence-electron chi connectivity index (χ1n) is 8.07. The van der Waals surface area contributed by atoms with Crippen molar-refractivity contribution < 1.29 is 19.8 Å². The first-order valence-corrected chi connectivity index (χ1v) is 8.89. The molecule has 3 N–H and O–H groups in total. The van der Waals surface area contributed by atoms with Crippen LogP contribution in [0.15, 0.2) is 71.0 Å². The zero-order chi connectivity index (χ0) is 19.4. The highest BCUT2D eigenvalue weighted by Gasteiger charge is 2.17. The van der Waals surface area contributed by atoms with Crippen LogP contribution in [0.2, 0.25) is 0 Å². The van der Waals surface area contributed by atoms with E-state index in [1.165, 1.54) is 26.7 Å². The smallest absolute Gasteiger partial charge is 0.414 e. The van der Waals surface area contributed by atoms with Crippen LogP contribution >= 0.6 is 11.8 Å². The lowest BCUT2D eigenvalue weighted by atomic mass is 10.1. The molecule has 0 amide bonds. The number of aliphatic carboxylic acids is 2. The first-order chi connectivity index (χ1) is 13.0. The van der Waals surface area contributed by atoms with E-state index < -0.39 is 11.9 Å². The first kappa shape index (κ1) is 18.5. The molecule has 1 atom stereocenters. The Balaban J connectivity index is 0.000000307. The number of nitrogens with zero attached hydrogens (tertiary/aromatic N) is 2. The van der Waals surface area contributed by atoms with Crippen molar-refractivity contribution in [1.29, 1.82) is 0 Å². The van der Waals surface area contributed by atoms with Gasteiger partial charge in [-0.1, -0.05) is 30.0 Å². The number of carboxylic acid groups (broad SMARTS) is 2. The van der Waals surface area contributed by atoms with Crippen molar-refractivity contribution in [3.8, 4) is 0 Å². The van der Waals surface area contributed by atoms with Crippen LogP contribution in [0.3, 0.4) is 0 Å². The summed E-state index contributed by atoms with van der Waals surface area (Å²) in [5.74, 6) is -3.65. The van der Waals surface area contributed by atoms with Crippen molar-refractivity contribution in [2.75, 3.05) is 5.32 Å². The van der Waals surface area contributed by atoms with Gasteiger partial charge in [-0.05, 0) is 36.8 Å². The molecule has 8 heteroatoms. The van der Waals surface area contributed by atoms with Crippen molar-refractivity contribution in [3.05, 3.63) is 66.7 Å². The third-order valence-electron chi connectivity index (χ3n) is 4.02. The van der Waals surface area contributed by atoms with E-state index >= 15 is 0 Å². The summed E-state index contributed by atoms with van der Waals surface area (Å²) >= 11 is 1.82. The lowest BCUT2D eigenvalue weighted by Crippen LogP contribution is -2.09. The molecule has 0 fully saturated rings. The number of benzene rings is 2. The second-order valence-corrected chi connectivity index (χ2v) is 6.86. The number of anilines is 2. The average molecular weight is 383 g/mol. The largest absolute Gasteiger partial charge is 0.473 e. The van der Waals surface area contributed by atoms with Gasteiger partial charge in [-0.3, -0.25) is 0 Å². The summed E-state index contributed by atoms with van der Waals surface area (Å²) < 4.78 is 2.12. The summed E-state index contributed by atoms with van der Waals surface area (Å²) in [6.07, 6.45) is 5.68. The van der Waals surface area contributed by atoms with E-state index in [1.807, 2.05) is 30.5 Å². The Kier molecular flexibility index (Phi) is 5.46. The predicted molar refractivity (Wildman–Crippen MR) is 102 cm³/mol. The van der Waals surface area contributed by atoms with Crippen molar-refractivity contribution in [2.24, 2.45) is 0 Å². The van der Waals surface area contributed by atoms with Crippen LogP contribution in [0.25, 0.3) is 0 Å². The molecule has 0 bridgehead atoms. The Morgan fingerprint density at radius 3 is 2.44 bits per heavy atom. The van der Waals surface area contributed by atoms with Crippen LogP contribution in [0.5, 0.6) is 0 Å². The van der Waals surface area contributed by atoms with Crippen LogP contribution < -0.4 is 5.32 Å². The van der Waals surface area contributed by atoms with Gasteiger partial charge >= 0.3 is 11.9 Å².